The molecule has 2 N–H and O–H groups in total. The third-order valence-electron chi connectivity index (χ3n) is 4.43. The molecule has 0 amide bonds. The number of benzene rings is 2. The van der Waals surface area contributed by atoms with E-state index in [1.165, 1.54) is 10.6 Å². The van der Waals surface area contributed by atoms with E-state index in [1.807, 2.05) is 24.3 Å². The molecule has 148 valence electrons. The molecular weight excluding hydrogens is 413 g/mol. The summed E-state index contributed by atoms with van der Waals surface area (Å²) in [4.78, 5) is 21.8. The molecule has 3 aromatic rings. The van der Waals surface area contributed by atoms with Gasteiger partial charge in [0, 0.05) is 11.8 Å². The maximum atomic E-state index is 12.7. The number of nitrogens with zero attached hydrogens (tertiary/aromatic N) is 3. The van der Waals surface area contributed by atoms with Gasteiger partial charge in [-0.05, 0) is 36.8 Å². The van der Waals surface area contributed by atoms with Crippen molar-refractivity contribution in [1.29, 1.82) is 0 Å². The maximum Gasteiger partial charge on any atom is 0.257 e. The van der Waals surface area contributed by atoms with Crippen LogP contribution >= 0.6 is 23.2 Å². The van der Waals surface area contributed by atoms with Gasteiger partial charge in [0.15, 0.2) is 6.17 Å². The SMILES string of the molecule is COc1ccc(C2N=C(Nc3cccc(Cl)c3Cl)Nc3nc(C)cc(=O)n32)cc1. The predicted molar refractivity (Wildman–Crippen MR) is 116 cm³/mol. The Kier molecular flexibility index (Phi) is 5.17. The normalized spacial score (nSPS) is 15.2. The lowest BCUT2D eigenvalue weighted by atomic mass is 10.1. The Morgan fingerprint density at radius 3 is 2.66 bits per heavy atom. The number of aliphatic imine (C=N–C) groups is 1. The molecule has 0 fully saturated rings. The summed E-state index contributed by atoms with van der Waals surface area (Å²) >= 11 is 12.4. The molecule has 0 saturated heterocycles. The highest BCUT2D eigenvalue weighted by molar-refractivity contribution is 6.44. The number of nitrogens with one attached hydrogen (secondary N) is 2. The van der Waals surface area contributed by atoms with Gasteiger partial charge in [-0.3, -0.25) is 14.7 Å². The van der Waals surface area contributed by atoms with Gasteiger partial charge in [0.1, 0.15) is 5.75 Å². The molecule has 2 aromatic carbocycles. The molecule has 0 radical (unpaired) electrons. The number of methoxy groups -OCH3 is 1. The van der Waals surface area contributed by atoms with E-state index >= 15 is 0 Å². The molecule has 1 unspecified atom stereocenters. The van der Waals surface area contributed by atoms with Crippen LogP contribution in [0.4, 0.5) is 11.6 Å². The van der Waals surface area contributed by atoms with E-state index in [0.717, 1.165) is 5.56 Å². The quantitative estimate of drug-likeness (QED) is 0.648. The van der Waals surface area contributed by atoms with Crippen LogP contribution in [0.25, 0.3) is 0 Å². The molecule has 0 spiro atoms. The van der Waals surface area contributed by atoms with E-state index in [9.17, 15) is 4.79 Å². The topological polar surface area (TPSA) is 80.5 Å². The highest BCUT2D eigenvalue weighted by Crippen LogP contribution is 2.31. The summed E-state index contributed by atoms with van der Waals surface area (Å²) in [5.41, 5.74) is 1.79. The van der Waals surface area contributed by atoms with Crippen molar-refractivity contribution in [1.82, 2.24) is 9.55 Å². The molecule has 2 heterocycles. The van der Waals surface area contributed by atoms with Crippen LogP contribution in [-0.2, 0) is 0 Å². The van der Waals surface area contributed by atoms with Crippen molar-refractivity contribution in [2.45, 2.75) is 13.1 Å². The fraction of sp³-hybridized carbons (Fsp3) is 0.150. The Morgan fingerprint density at radius 1 is 1.17 bits per heavy atom. The molecule has 1 atom stereocenters. The number of rotatable bonds is 3. The molecule has 0 saturated carbocycles. The number of guanidine groups is 1. The van der Waals surface area contributed by atoms with Gasteiger partial charge in [0.25, 0.3) is 5.56 Å². The minimum Gasteiger partial charge on any atom is -0.497 e. The van der Waals surface area contributed by atoms with E-state index in [4.69, 9.17) is 27.9 Å². The van der Waals surface area contributed by atoms with Crippen LogP contribution in [-0.4, -0.2) is 22.6 Å². The number of anilines is 2. The molecule has 0 aliphatic carbocycles. The second-order valence-electron chi connectivity index (χ2n) is 6.41. The first-order valence-corrected chi connectivity index (χ1v) is 9.52. The predicted octanol–water partition coefficient (Wildman–Crippen LogP) is 4.31. The molecule has 1 aromatic heterocycles. The average Bonchev–Trinajstić information content (AvgIpc) is 2.70. The summed E-state index contributed by atoms with van der Waals surface area (Å²) in [5, 5.41) is 6.99. The largest absolute Gasteiger partial charge is 0.497 e. The highest BCUT2D eigenvalue weighted by Gasteiger charge is 2.25. The van der Waals surface area contributed by atoms with Gasteiger partial charge in [-0.2, -0.15) is 0 Å². The Morgan fingerprint density at radius 2 is 1.93 bits per heavy atom. The first-order chi connectivity index (χ1) is 14.0. The van der Waals surface area contributed by atoms with Crippen LogP contribution in [0.3, 0.4) is 0 Å². The zero-order chi connectivity index (χ0) is 20.5. The number of halogens is 2. The summed E-state index contributed by atoms with van der Waals surface area (Å²) < 4.78 is 6.72. The van der Waals surface area contributed by atoms with Gasteiger partial charge in [0.05, 0.1) is 22.8 Å². The molecule has 1 aliphatic heterocycles. The van der Waals surface area contributed by atoms with Crippen LogP contribution < -0.4 is 20.9 Å². The van der Waals surface area contributed by atoms with Gasteiger partial charge < -0.3 is 10.1 Å². The second kappa shape index (κ2) is 7.77. The fourth-order valence-corrected chi connectivity index (χ4v) is 3.39. The summed E-state index contributed by atoms with van der Waals surface area (Å²) in [6, 6.07) is 14.1. The molecular formula is C20H17Cl2N5O2. The lowest BCUT2D eigenvalue weighted by Crippen LogP contribution is -2.37. The summed E-state index contributed by atoms with van der Waals surface area (Å²) in [6.45, 7) is 1.76. The number of fused-ring (bicyclic) bond motifs is 1. The van der Waals surface area contributed by atoms with Gasteiger partial charge in [0.2, 0.25) is 11.9 Å². The van der Waals surface area contributed by atoms with Crippen LogP contribution in [0, 0.1) is 6.92 Å². The van der Waals surface area contributed by atoms with Crippen molar-refractivity contribution in [2.75, 3.05) is 17.7 Å². The fourth-order valence-electron chi connectivity index (χ4n) is 3.04. The number of hydrogen-bond acceptors (Lipinski definition) is 6. The lowest BCUT2D eigenvalue weighted by Gasteiger charge is -2.27. The first-order valence-electron chi connectivity index (χ1n) is 8.76. The highest BCUT2D eigenvalue weighted by atomic mass is 35.5. The van der Waals surface area contributed by atoms with Gasteiger partial charge in [-0.1, -0.05) is 41.4 Å². The van der Waals surface area contributed by atoms with E-state index in [-0.39, 0.29) is 5.56 Å². The minimum atomic E-state index is -0.613. The van der Waals surface area contributed by atoms with E-state index in [0.29, 0.717) is 39.1 Å². The Labute approximate surface area is 177 Å². The number of aryl methyl sites for hydroxylation is 1. The molecule has 4 rings (SSSR count). The van der Waals surface area contributed by atoms with Gasteiger partial charge in [-0.25, -0.2) is 9.98 Å². The van der Waals surface area contributed by atoms with Crippen molar-refractivity contribution in [3.05, 3.63) is 80.2 Å². The zero-order valence-electron chi connectivity index (χ0n) is 15.6. The van der Waals surface area contributed by atoms with E-state index in [2.05, 4.69) is 20.6 Å². The van der Waals surface area contributed by atoms with Crippen molar-refractivity contribution in [3.63, 3.8) is 0 Å². The van der Waals surface area contributed by atoms with E-state index in [1.54, 1.807) is 32.2 Å². The standard InChI is InChI=1S/C20H17Cl2N5O2/c1-11-10-16(28)27-18(12-6-8-13(29-2)9-7-12)25-19(26-20(27)23-11)24-15-5-3-4-14(21)17(15)22/h3-10,18H,1-2H3,(H2,23,24,25,26). The molecule has 9 heteroatoms. The van der Waals surface area contributed by atoms with Crippen LogP contribution in [0.2, 0.25) is 10.0 Å². The third-order valence-corrected chi connectivity index (χ3v) is 5.24. The molecule has 29 heavy (non-hydrogen) atoms. The first kappa shape index (κ1) is 19.3. The lowest BCUT2D eigenvalue weighted by molar-refractivity contribution is 0.414. The molecule has 7 nitrogen and oxygen atoms in total. The minimum absolute atomic E-state index is 0.204. The number of ether oxygens (including phenoxy) is 1. The zero-order valence-corrected chi connectivity index (χ0v) is 17.1. The Balaban J connectivity index is 1.80. The third kappa shape index (κ3) is 3.79. The van der Waals surface area contributed by atoms with Crippen LogP contribution in [0.5, 0.6) is 5.75 Å². The van der Waals surface area contributed by atoms with Gasteiger partial charge in [-0.15, -0.1) is 0 Å². The molecule has 0 bridgehead atoms. The Bertz CT molecular complexity index is 1160. The second-order valence-corrected chi connectivity index (χ2v) is 7.19. The smallest absolute Gasteiger partial charge is 0.257 e. The van der Waals surface area contributed by atoms with Crippen LogP contribution in [0.1, 0.15) is 17.4 Å². The van der Waals surface area contributed by atoms with Crippen molar-refractivity contribution >= 4 is 40.8 Å². The summed E-state index contributed by atoms with van der Waals surface area (Å²) in [5.74, 6) is 1.49. The van der Waals surface area contributed by atoms with Crippen molar-refractivity contribution in [2.24, 2.45) is 4.99 Å². The summed E-state index contributed by atoms with van der Waals surface area (Å²) in [6.07, 6.45) is -0.613. The number of aromatic nitrogens is 2. The summed E-state index contributed by atoms with van der Waals surface area (Å²) in [7, 11) is 1.60. The van der Waals surface area contributed by atoms with Gasteiger partial charge >= 0.3 is 0 Å². The monoisotopic (exact) mass is 429 g/mol. The van der Waals surface area contributed by atoms with E-state index < -0.39 is 6.17 Å². The molecule has 1 aliphatic rings. The Hall–Kier alpha value is -3.03. The average molecular weight is 430 g/mol. The van der Waals surface area contributed by atoms with Crippen molar-refractivity contribution in [3.8, 4) is 5.75 Å². The van der Waals surface area contributed by atoms with Crippen molar-refractivity contribution < 1.29 is 4.74 Å². The number of hydrogen-bond donors (Lipinski definition) is 2. The maximum absolute atomic E-state index is 12.7. The van der Waals surface area contributed by atoms with Crippen LogP contribution in [0.15, 0.2) is 58.3 Å².